The average Bonchev–Trinajstić information content (AvgIpc) is 3.08. The molecular weight excluding hydrogens is 328 g/mol. The van der Waals surface area contributed by atoms with Crippen molar-refractivity contribution in [3.63, 3.8) is 0 Å². The molecule has 0 bridgehead atoms. The molecule has 0 fully saturated rings. The smallest absolute Gasteiger partial charge is 0.230 e. The molecule has 26 heavy (non-hydrogen) atoms. The third kappa shape index (κ3) is 3.41. The quantitative estimate of drug-likeness (QED) is 0.615. The fraction of sp³-hybridized carbons (Fsp3) is 0.105. The molecule has 0 radical (unpaired) electrons. The summed E-state index contributed by atoms with van der Waals surface area (Å²) in [5, 5.41) is 16.2. The van der Waals surface area contributed by atoms with Crippen molar-refractivity contribution in [1.29, 1.82) is 0 Å². The van der Waals surface area contributed by atoms with E-state index < -0.39 is 0 Å². The Hall–Kier alpha value is -3.61. The zero-order valence-corrected chi connectivity index (χ0v) is 14.1. The van der Waals surface area contributed by atoms with E-state index in [1.807, 2.05) is 49.8 Å². The number of hydrogen-bond donors (Lipinski definition) is 1. The van der Waals surface area contributed by atoms with E-state index in [9.17, 15) is 4.79 Å². The maximum absolute atomic E-state index is 12.2. The van der Waals surface area contributed by atoms with Gasteiger partial charge in [-0.15, -0.1) is 10.2 Å². The molecule has 7 heteroatoms. The van der Waals surface area contributed by atoms with Crippen LogP contribution in [0.3, 0.4) is 0 Å². The van der Waals surface area contributed by atoms with E-state index in [1.165, 1.54) is 0 Å². The van der Waals surface area contributed by atoms with Crippen LogP contribution in [0, 0.1) is 0 Å². The summed E-state index contributed by atoms with van der Waals surface area (Å²) in [6, 6.07) is 11.4. The third-order valence-corrected chi connectivity index (χ3v) is 3.98. The molecule has 0 atom stereocenters. The monoisotopic (exact) mass is 344 g/mol. The van der Waals surface area contributed by atoms with Crippen molar-refractivity contribution < 1.29 is 4.79 Å². The van der Waals surface area contributed by atoms with Crippen molar-refractivity contribution in [2.24, 2.45) is 7.05 Å². The van der Waals surface area contributed by atoms with E-state index in [4.69, 9.17) is 0 Å². The highest BCUT2D eigenvalue weighted by atomic mass is 16.1. The summed E-state index contributed by atoms with van der Waals surface area (Å²) in [5.41, 5.74) is 3.67. The molecule has 128 valence electrons. The van der Waals surface area contributed by atoms with Crippen LogP contribution in [0.4, 0.5) is 5.82 Å². The number of fused-ring (bicyclic) bond motifs is 1. The Kier molecular flexibility index (Phi) is 4.10. The number of hydrogen-bond acceptors (Lipinski definition) is 5. The Labute approximate surface area is 149 Å². The van der Waals surface area contributed by atoms with Crippen LogP contribution in [0.15, 0.2) is 61.2 Å². The van der Waals surface area contributed by atoms with Gasteiger partial charge in [0.2, 0.25) is 5.91 Å². The van der Waals surface area contributed by atoms with Gasteiger partial charge in [-0.3, -0.25) is 14.5 Å². The van der Waals surface area contributed by atoms with E-state index in [0.717, 1.165) is 27.6 Å². The Balaban J connectivity index is 1.57. The van der Waals surface area contributed by atoms with Crippen molar-refractivity contribution in [3.8, 4) is 11.1 Å². The Morgan fingerprint density at radius 3 is 2.81 bits per heavy atom. The first kappa shape index (κ1) is 15.9. The van der Waals surface area contributed by atoms with E-state index in [1.54, 1.807) is 23.1 Å². The van der Waals surface area contributed by atoms with E-state index in [-0.39, 0.29) is 12.3 Å². The Bertz CT molecular complexity index is 1070. The highest BCUT2D eigenvalue weighted by Crippen LogP contribution is 2.24. The number of aromatic nitrogens is 5. The zero-order chi connectivity index (χ0) is 17.9. The maximum Gasteiger partial charge on any atom is 0.230 e. The summed E-state index contributed by atoms with van der Waals surface area (Å²) in [6.07, 6.45) is 7.35. The van der Waals surface area contributed by atoms with Crippen LogP contribution in [0.1, 0.15) is 5.56 Å². The van der Waals surface area contributed by atoms with Crippen LogP contribution in [0.5, 0.6) is 0 Å². The van der Waals surface area contributed by atoms with Crippen LogP contribution in [0.2, 0.25) is 0 Å². The zero-order valence-electron chi connectivity index (χ0n) is 14.1. The summed E-state index contributed by atoms with van der Waals surface area (Å²) in [7, 11) is 1.88. The topological polar surface area (TPSA) is 85.6 Å². The lowest BCUT2D eigenvalue weighted by Gasteiger charge is -2.06. The van der Waals surface area contributed by atoms with Gasteiger partial charge in [0.1, 0.15) is 0 Å². The van der Waals surface area contributed by atoms with Gasteiger partial charge in [0.15, 0.2) is 5.82 Å². The number of nitrogens with one attached hydrogen (secondary N) is 1. The molecule has 0 aliphatic carbocycles. The first-order chi connectivity index (χ1) is 12.7. The number of pyridine rings is 1. The number of carbonyl (C=O) groups excluding carboxylic acids is 1. The molecule has 1 N–H and O–H groups in total. The number of amides is 1. The number of anilines is 1. The number of carbonyl (C=O) groups is 1. The second kappa shape index (κ2) is 6.72. The second-order valence-corrected chi connectivity index (χ2v) is 5.99. The summed E-state index contributed by atoms with van der Waals surface area (Å²) in [6.45, 7) is 0. The molecule has 3 aromatic heterocycles. The van der Waals surface area contributed by atoms with Gasteiger partial charge >= 0.3 is 0 Å². The minimum atomic E-state index is -0.157. The van der Waals surface area contributed by atoms with Crippen molar-refractivity contribution in [1.82, 2.24) is 25.0 Å². The standard InChI is InChI=1S/C19H16N6O/c1-25-12-16(11-21-25)14-4-5-17-15(8-14)9-18(24-23-17)22-19(26)7-13-3-2-6-20-10-13/h2-6,8-12H,7H2,1H3,(H,22,24,26). The number of aryl methyl sites for hydroxylation is 1. The molecule has 0 unspecified atom stereocenters. The Morgan fingerprint density at radius 2 is 2.04 bits per heavy atom. The van der Waals surface area contributed by atoms with E-state index in [2.05, 4.69) is 25.6 Å². The molecule has 4 rings (SSSR count). The lowest BCUT2D eigenvalue weighted by molar-refractivity contribution is -0.115. The minimum absolute atomic E-state index is 0.157. The van der Waals surface area contributed by atoms with Crippen LogP contribution >= 0.6 is 0 Å². The van der Waals surface area contributed by atoms with Crippen molar-refractivity contribution in [2.45, 2.75) is 6.42 Å². The highest BCUT2D eigenvalue weighted by Gasteiger charge is 2.08. The maximum atomic E-state index is 12.2. The van der Waals surface area contributed by atoms with Gasteiger partial charge in [-0.25, -0.2) is 0 Å². The first-order valence-electron chi connectivity index (χ1n) is 8.13. The molecule has 0 aliphatic rings. The predicted molar refractivity (Wildman–Crippen MR) is 98.3 cm³/mol. The third-order valence-electron chi connectivity index (χ3n) is 3.98. The van der Waals surface area contributed by atoms with Gasteiger partial charge in [-0.2, -0.15) is 5.10 Å². The van der Waals surface area contributed by atoms with Crippen molar-refractivity contribution in [2.75, 3.05) is 5.32 Å². The average molecular weight is 344 g/mol. The van der Waals surface area contributed by atoms with Gasteiger partial charge in [0.25, 0.3) is 0 Å². The molecule has 0 saturated carbocycles. The molecule has 4 aromatic rings. The van der Waals surface area contributed by atoms with E-state index in [0.29, 0.717) is 5.82 Å². The minimum Gasteiger partial charge on any atom is -0.309 e. The Morgan fingerprint density at radius 1 is 1.12 bits per heavy atom. The first-order valence-corrected chi connectivity index (χ1v) is 8.13. The molecule has 1 aromatic carbocycles. The van der Waals surface area contributed by atoms with E-state index >= 15 is 0 Å². The summed E-state index contributed by atoms with van der Waals surface area (Å²) < 4.78 is 1.76. The molecule has 7 nitrogen and oxygen atoms in total. The van der Waals surface area contributed by atoms with Gasteiger partial charge in [0, 0.05) is 36.6 Å². The predicted octanol–water partition coefficient (Wildman–Crippen LogP) is 2.61. The van der Waals surface area contributed by atoms with Gasteiger partial charge in [-0.1, -0.05) is 12.1 Å². The summed E-state index contributed by atoms with van der Waals surface area (Å²) >= 11 is 0. The highest BCUT2D eigenvalue weighted by molar-refractivity contribution is 5.93. The molecule has 0 spiro atoms. The molecule has 0 aliphatic heterocycles. The second-order valence-electron chi connectivity index (χ2n) is 5.99. The molecule has 3 heterocycles. The van der Waals surface area contributed by atoms with Gasteiger partial charge in [0.05, 0.1) is 18.1 Å². The van der Waals surface area contributed by atoms with Crippen LogP contribution in [-0.2, 0) is 18.3 Å². The fourth-order valence-corrected chi connectivity index (χ4v) is 2.73. The summed E-state index contributed by atoms with van der Waals surface area (Å²) in [4.78, 5) is 16.2. The molecular formula is C19H16N6O. The van der Waals surface area contributed by atoms with Crippen LogP contribution in [0.25, 0.3) is 22.0 Å². The van der Waals surface area contributed by atoms with Crippen LogP contribution in [-0.4, -0.2) is 30.9 Å². The lowest BCUT2D eigenvalue weighted by atomic mass is 10.1. The number of nitrogens with zero attached hydrogens (tertiary/aromatic N) is 5. The normalized spacial score (nSPS) is 10.8. The van der Waals surface area contributed by atoms with Crippen molar-refractivity contribution >= 4 is 22.6 Å². The van der Waals surface area contributed by atoms with Crippen molar-refractivity contribution in [3.05, 3.63) is 66.7 Å². The molecule has 0 saturated heterocycles. The lowest BCUT2D eigenvalue weighted by Crippen LogP contribution is -2.15. The SMILES string of the molecule is Cn1cc(-c2ccc3nnc(NC(=O)Cc4cccnc4)cc3c2)cn1. The van der Waals surface area contributed by atoms with Gasteiger partial charge < -0.3 is 5.32 Å². The summed E-state index contributed by atoms with van der Waals surface area (Å²) in [5.74, 6) is 0.268. The van der Waals surface area contributed by atoms with Gasteiger partial charge in [-0.05, 0) is 35.4 Å². The number of benzene rings is 1. The molecule has 1 amide bonds. The largest absolute Gasteiger partial charge is 0.309 e. The number of rotatable bonds is 4. The van der Waals surface area contributed by atoms with Crippen LogP contribution < -0.4 is 5.32 Å². The fourth-order valence-electron chi connectivity index (χ4n) is 2.73.